The lowest BCUT2D eigenvalue weighted by molar-refractivity contribution is 0.194. The van der Waals surface area contributed by atoms with Crippen LogP contribution in [0.15, 0.2) is 127 Å². The third kappa shape index (κ3) is 3.96. The smallest absolute Gasteiger partial charge is 0.252 e. The molecule has 3 nitrogen and oxygen atoms in total. The van der Waals surface area contributed by atoms with Gasteiger partial charge in [0, 0.05) is 50.6 Å². The van der Waals surface area contributed by atoms with Crippen LogP contribution >= 0.6 is 0 Å². The van der Waals surface area contributed by atoms with Gasteiger partial charge >= 0.3 is 0 Å². The summed E-state index contributed by atoms with van der Waals surface area (Å²) in [6.07, 6.45) is 9.75. The highest BCUT2D eigenvalue weighted by Gasteiger charge is 2.64. The number of anilines is 7. The lowest BCUT2D eigenvalue weighted by atomic mass is 9.32. The van der Waals surface area contributed by atoms with E-state index in [0.29, 0.717) is 0 Å². The zero-order chi connectivity index (χ0) is 38.5. The summed E-state index contributed by atoms with van der Waals surface area (Å²) in [7, 11) is 0. The van der Waals surface area contributed by atoms with E-state index >= 15 is 0 Å². The second-order valence-corrected chi connectivity index (χ2v) is 19.0. The molecule has 6 aliphatic rings. The molecule has 6 aromatic rings. The zero-order valence-electron chi connectivity index (χ0n) is 34.2. The van der Waals surface area contributed by atoms with E-state index in [-0.39, 0.29) is 28.6 Å². The summed E-state index contributed by atoms with van der Waals surface area (Å²) in [4.78, 5) is 8.38. The number of rotatable bonds is 3. The Hall–Kier alpha value is -5.22. The van der Waals surface area contributed by atoms with Gasteiger partial charge in [-0.15, -0.1) is 0 Å². The molecule has 0 aromatic heterocycles. The topological polar surface area (TPSA) is 9.72 Å². The fourth-order valence-corrected chi connectivity index (χ4v) is 14.1. The molecule has 0 bridgehead atoms. The van der Waals surface area contributed by atoms with E-state index in [1.165, 1.54) is 117 Å². The van der Waals surface area contributed by atoms with Crippen LogP contribution in [0.3, 0.4) is 0 Å². The summed E-state index contributed by atoms with van der Waals surface area (Å²) in [6, 6.07) is 49.3. The summed E-state index contributed by atoms with van der Waals surface area (Å²) < 4.78 is 0. The molecule has 6 aromatic carbocycles. The van der Waals surface area contributed by atoms with Crippen molar-refractivity contribution in [2.75, 3.05) is 14.7 Å². The molecule has 2 fully saturated rings. The minimum atomic E-state index is -0.153. The maximum absolute atomic E-state index is 2.93. The predicted molar refractivity (Wildman–Crippen MR) is 241 cm³/mol. The minimum Gasteiger partial charge on any atom is -0.335 e. The maximum Gasteiger partial charge on any atom is 0.252 e. The van der Waals surface area contributed by atoms with Crippen LogP contribution in [0.2, 0.25) is 0 Å². The largest absolute Gasteiger partial charge is 0.335 e. The third-order valence-corrected chi connectivity index (χ3v) is 16.5. The van der Waals surface area contributed by atoms with E-state index in [4.69, 9.17) is 0 Å². The summed E-state index contributed by atoms with van der Waals surface area (Å²) >= 11 is 0. The number of nitrogens with zero attached hydrogens (tertiary/aromatic N) is 3. The van der Waals surface area contributed by atoms with Crippen LogP contribution in [0, 0.1) is 13.8 Å². The molecule has 282 valence electrons. The van der Waals surface area contributed by atoms with Crippen LogP contribution < -0.4 is 31.1 Å². The SMILES string of the molecule is Cc1cc(C)c2c3c1B1c4ccccc4N(c4ccccc4)c4cc(N5c6ccccc6C6(c7ccccc7)CCCCC56C)cc(c41)N3C1(C)CCCCC21C. The van der Waals surface area contributed by atoms with E-state index in [0.717, 1.165) is 12.8 Å². The van der Waals surface area contributed by atoms with Crippen molar-refractivity contribution in [3.05, 3.63) is 155 Å². The number of benzene rings is 6. The molecule has 0 spiro atoms. The molecule has 0 radical (unpaired) electrons. The van der Waals surface area contributed by atoms with Crippen molar-refractivity contribution < 1.29 is 0 Å². The standard InChI is InChI=1S/C53H52BN3/c1-35-32-36(2)47-49-46(35)50(3)28-16-17-29-51(50,4)57(49)45-34-39(33-44-48(45)54(47)41-25-13-15-27-43(41)55(44)38-22-10-7-11-23-38)56-42-26-14-12-24-40(42)53(37-20-8-6-9-21-37)31-19-18-30-52(53,56)5/h6-15,20-27,32-34H,16-19,28-31H2,1-5H3. The Bertz CT molecular complexity index is 2650. The molecule has 4 heterocycles. The summed E-state index contributed by atoms with van der Waals surface area (Å²) in [5.41, 5.74) is 21.1. The van der Waals surface area contributed by atoms with Crippen LogP contribution in [-0.2, 0) is 10.8 Å². The van der Waals surface area contributed by atoms with E-state index < -0.39 is 0 Å². The average molecular weight is 742 g/mol. The summed E-state index contributed by atoms with van der Waals surface area (Å²) in [5, 5.41) is 0. The Labute approximate surface area is 339 Å². The average Bonchev–Trinajstić information content (AvgIpc) is 3.61. The van der Waals surface area contributed by atoms with Gasteiger partial charge in [-0.05, 0) is 128 Å². The molecule has 4 atom stereocenters. The highest BCUT2D eigenvalue weighted by atomic mass is 15.3. The molecular formula is C53H52BN3. The molecule has 4 heteroatoms. The van der Waals surface area contributed by atoms with Gasteiger partial charge in [-0.25, -0.2) is 0 Å². The molecule has 2 saturated carbocycles. The Balaban J connectivity index is 1.21. The van der Waals surface area contributed by atoms with Crippen molar-refractivity contribution >= 4 is 62.9 Å². The van der Waals surface area contributed by atoms with Gasteiger partial charge in [0.05, 0.1) is 11.1 Å². The monoisotopic (exact) mass is 741 g/mol. The van der Waals surface area contributed by atoms with Crippen molar-refractivity contribution in [3.63, 3.8) is 0 Å². The minimum absolute atomic E-state index is 0.0434. The molecule has 2 aliphatic carbocycles. The van der Waals surface area contributed by atoms with E-state index in [9.17, 15) is 0 Å². The molecule has 57 heavy (non-hydrogen) atoms. The maximum atomic E-state index is 2.93. The van der Waals surface area contributed by atoms with E-state index in [2.05, 4.69) is 177 Å². The Morgan fingerprint density at radius 1 is 0.509 bits per heavy atom. The number of para-hydroxylation sites is 3. The van der Waals surface area contributed by atoms with Gasteiger partial charge in [0.15, 0.2) is 0 Å². The Morgan fingerprint density at radius 2 is 1.14 bits per heavy atom. The Morgan fingerprint density at radius 3 is 1.93 bits per heavy atom. The number of hydrogen-bond donors (Lipinski definition) is 0. The van der Waals surface area contributed by atoms with Crippen molar-refractivity contribution in [1.82, 2.24) is 0 Å². The van der Waals surface area contributed by atoms with Crippen LogP contribution in [0.1, 0.15) is 100.0 Å². The second kappa shape index (κ2) is 11.5. The van der Waals surface area contributed by atoms with Crippen molar-refractivity contribution in [1.29, 1.82) is 0 Å². The van der Waals surface area contributed by atoms with Gasteiger partial charge in [0.2, 0.25) is 0 Å². The van der Waals surface area contributed by atoms with Gasteiger partial charge in [-0.2, -0.15) is 0 Å². The predicted octanol–water partition coefficient (Wildman–Crippen LogP) is 11.4. The van der Waals surface area contributed by atoms with Gasteiger partial charge in [-0.3, -0.25) is 0 Å². The molecule has 12 rings (SSSR count). The first kappa shape index (κ1) is 33.9. The van der Waals surface area contributed by atoms with Crippen molar-refractivity contribution in [2.45, 2.75) is 108 Å². The zero-order valence-corrected chi connectivity index (χ0v) is 34.2. The first-order chi connectivity index (χ1) is 27.7. The van der Waals surface area contributed by atoms with Crippen LogP contribution in [0.25, 0.3) is 0 Å². The van der Waals surface area contributed by atoms with Crippen molar-refractivity contribution in [2.24, 2.45) is 0 Å². The molecule has 4 unspecified atom stereocenters. The molecule has 4 aliphatic heterocycles. The highest BCUT2D eigenvalue weighted by molar-refractivity contribution is 7.00. The van der Waals surface area contributed by atoms with Crippen LogP contribution in [0.5, 0.6) is 0 Å². The lowest BCUT2D eigenvalue weighted by Crippen LogP contribution is -2.65. The molecule has 0 amide bonds. The van der Waals surface area contributed by atoms with Gasteiger partial charge in [-0.1, -0.05) is 129 Å². The van der Waals surface area contributed by atoms with Gasteiger partial charge in [0.1, 0.15) is 0 Å². The first-order valence-corrected chi connectivity index (χ1v) is 21.8. The number of fused-ring (bicyclic) bond motifs is 10. The fourth-order valence-electron chi connectivity index (χ4n) is 14.1. The summed E-state index contributed by atoms with van der Waals surface area (Å²) in [6.45, 7) is 12.8. The summed E-state index contributed by atoms with van der Waals surface area (Å²) in [5.74, 6) is 0. The fraction of sp³-hybridized carbons (Fsp3) is 0.321. The van der Waals surface area contributed by atoms with Crippen molar-refractivity contribution in [3.8, 4) is 0 Å². The first-order valence-electron chi connectivity index (χ1n) is 21.8. The van der Waals surface area contributed by atoms with Crippen LogP contribution in [0.4, 0.5) is 39.8 Å². The Kier molecular flexibility index (Phi) is 6.81. The number of hydrogen-bond acceptors (Lipinski definition) is 3. The highest BCUT2D eigenvalue weighted by Crippen LogP contribution is 2.66. The quantitative estimate of drug-likeness (QED) is 0.167. The third-order valence-electron chi connectivity index (χ3n) is 16.5. The van der Waals surface area contributed by atoms with Crippen LogP contribution in [-0.4, -0.2) is 17.8 Å². The van der Waals surface area contributed by atoms with Gasteiger partial charge in [0.25, 0.3) is 6.71 Å². The lowest BCUT2D eigenvalue weighted by Gasteiger charge is -2.54. The van der Waals surface area contributed by atoms with E-state index in [1.807, 2.05) is 0 Å². The second-order valence-electron chi connectivity index (χ2n) is 19.0. The molecular weight excluding hydrogens is 689 g/mol. The number of aryl methyl sites for hydroxylation is 2. The van der Waals surface area contributed by atoms with E-state index in [1.54, 1.807) is 5.56 Å². The molecule has 0 N–H and O–H groups in total. The van der Waals surface area contributed by atoms with Gasteiger partial charge < -0.3 is 14.7 Å². The normalized spacial score (nSPS) is 27.3. The molecule has 0 saturated heterocycles.